The minimum atomic E-state index is -2.33. The van der Waals surface area contributed by atoms with E-state index in [0.717, 1.165) is 66.9 Å². The van der Waals surface area contributed by atoms with Crippen LogP contribution in [0.5, 0.6) is 0 Å². The molecule has 0 N–H and O–H groups in total. The van der Waals surface area contributed by atoms with Crippen LogP contribution in [0, 0.1) is 0 Å². The number of fused-ring (bicyclic) bond motifs is 3. The first-order valence-electron chi connectivity index (χ1n) is 19.8. The molecule has 4 aliphatic heterocycles. The summed E-state index contributed by atoms with van der Waals surface area (Å²) < 4.78 is 14.2. The lowest BCUT2D eigenvalue weighted by molar-refractivity contribution is -0.000289. The van der Waals surface area contributed by atoms with Crippen molar-refractivity contribution < 1.29 is 14.3 Å². The highest BCUT2D eigenvalue weighted by Gasteiger charge is 2.64. The van der Waals surface area contributed by atoms with Gasteiger partial charge in [-0.15, -0.1) is 29.3 Å². The molecule has 59 heavy (non-hydrogen) atoms. The molecule has 0 saturated carbocycles. The van der Waals surface area contributed by atoms with Gasteiger partial charge >= 0.3 is 24.6 Å². The molecule has 0 atom stereocenters. The first-order chi connectivity index (χ1) is 29.0. The summed E-state index contributed by atoms with van der Waals surface area (Å²) in [7, 11) is -0.995. The number of hydrogen-bond acceptors (Lipinski definition) is 19. The molecule has 310 valence electrons. The molecular weight excluding hydrogens is 783 g/mol. The molecule has 23 heteroatoms. The Hall–Kier alpha value is -5.67. The van der Waals surface area contributed by atoms with Crippen molar-refractivity contribution in [2.24, 2.45) is 0 Å². The van der Waals surface area contributed by atoms with Gasteiger partial charge in [-0.25, -0.2) is 15.0 Å². The van der Waals surface area contributed by atoms with Crippen molar-refractivity contribution in [2.75, 3.05) is 66.2 Å². The molecule has 0 spiro atoms. The zero-order chi connectivity index (χ0) is 40.6. The van der Waals surface area contributed by atoms with Crippen LogP contribution in [0.1, 0.15) is 51.4 Å². The summed E-state index contributed by atoms with van der Waals surface area (Å²) in [5.41, 5.74) is 1.15. The van der Waals surface area contributed by atoms with Crippen LogP contribution in [0.25, 0.3) is 33.1 Å². The molecule has 10 rings (SSSR count). The van der Waals surface area contributed by atoms with Crippen molar-refractivity contribution >= 4 is 41.0 Å². The quantitative estimate of drug-likeness (QED) is 0.181. The summed E-state index contributed by atoms with van der Waals surface area (Å²) in [5.74, 6) is 0. The van der Waals surface area contributed by atoms with E-state index in [4.69, 9.17) is 9.46 Å². The lowest BCUT2D eigenvalue weighted by Gasteiger charge is -2.39. The Kier molecular flexibility index (Phi) is 12.6. The van der Waals surface area contributed by atoms with Gasteiger partial charge < -0.3 is 9.68 Å². The van der Waals surface area contributed by atoms with Crippen LogP contribution in [-0.2, 0) is 0 Å². The van der Waals surface area contributed by atoms with E-state index in [9.17, 15) is 14.4 Å². The summed E-state index contributed by atoms with van der Waals surface area (Å²) >= 11 is 0. The second kappa shape index (κ2) is 18.5. The normalized spacial score (nSPS) is 17.8. The van der Waals surface area contributed by atoms with E-state index < -0.39 is 13.5 Å². The van der Waals surface area contributed by atoms with E-state index in [1.807, 2.05) is 0 Å². The van der Waals surface area contributed by atoms with Crippen LogP contribution in [0.4, 0.5) is 0 Å². The molecule has 6 aromatic rings. The lowest BCUT2D eigenvalue weighted by atomic mass is 10.4. The largest absolute Gasteiger partial charge is 0.451 e. The number of aromatic nitrogens is 12. The van der Waals surface area contributed by atoms with Crippen LogP contribution in [0.15, 0.2) is 69.4 Å². The lowest BCUT2D eigenvalue weighted by Crippen LogP contribution is -2.49. The van der Waals surface area contributed by atoms with Gasteiger partial charge in [0.25, 0.3) is 0 Å². The third kappa shape index (κ3) is 8.58. The Balaban J connectivity index is 0.000000134. The summed E-state index contributed by atoms with van der Waals surface area (Å²) in [6.45, 7) is 8.39. The maximum atomic E-state index is 13.1. The topological polar surface area (TPSA) is 223 Å². The van der Waals surface area contributed by atoms with Gasteiger partial charge in [-0.3, -0.25) is 19.3 Å². The van der Waals surface area contributed by atoms with Gasteiger partial charge in [-0.1, -0.05) is 0 Å². The predicted octanol–water partition coefficient (Wildman–Crippen LogP) is 0.493. The summed E-state index contributed by atoms with van der Waals surface area (Å²) in [5, 5.41) is 23.2. The van der Waals surface area contributed by atoms with Gasteiger partial charge in [-0.05, 0) is 113 Å². The monoisotopic (exact) mass is 829 g/mol. The van der Waals surface area contributed by atoms with E-state index in [1.165, 1.54) is 64.7 Å². The Labute approximate surface area is 337 Å². The van der Waals surface area contributed by atoms with Crippen molar-refractivity contribution in [1.29, 1.82) is 0 Å². The van der Waals surface area contributed by atoms with E-state index >= 15 is 0 Å². The van der Waals surface area contributed by atoms with Crippen molar-refractivity contribution in [3.8, 4) is 0 Å². The fourth-order valence-electron chi connectivity index (χ4n) is 7.57. The second-order valence-corrected chi connectivity index (χ2v) is 17.1. The Morgan fingerprint density at radius 1 is 0.525 bits per heavy atom. The first kappa shape index (κ1) is 40.1. The number of hydrogen-bond donors (Lipinski definition) is 0. The highest BCUT2D eigenvalue weighted by molar-refractivity contribution is 7.64. The van der Waals surface area contributed by atoms with Crippen molar-refractivity contribution in [1.82, 2.24) is 79.3 Å². The fraction of sp³-hybridized carbons (Fsp3) is 0.500. The standard InChI is InChI=1S/C18H27N7O2P.C11H13N5O2.C7H6N4O2/c26-18-17-16(8-7-9-19-17)20-21-25(18)27-28(22-10-1-2-11-22,23-12-3-4-13-23)24-14-5-6-15-24;17-11-10-9(4-3-5-12-10)13-14-16(11)18-8-15-6-1-2-7-15;1-13-11-7(12)6-5(9-10-11)3-2-4-8-6/h7-9H,1-6,10-15H2;3-5H,1-2,6-8H2;2-4H,1H3/q+1;;. The molecule has 10 heterocycles. The number of likely N-dealkylation sites (tertiary alicyclic amines) is 1. The molecule has 22 nitrogen and oxygen atoms in total. The Morgan fingerprint density at radius 2 is 0.898 bits per heavy atom. The number of rotatable bonds is 9. The Morgan fingerprint density at radius 3 is 1.34 bits per heavy atom. The number of nitrogens with zero attached hydrogens (tertiary/aromatic N) is 16. The summed E-state index contributed by atoms with van der Waals surface area (Å²) in [4.78, 5) is 63.5. The molecule has 4 saturated heterocycles. The van der Waals surface area contributed by atoms with Gasteiger partial charge in [0.1, 0.15) is 23.7 Å². The smallest absolute Gasteiger partial charge is 0.396 e. The molecule has 0 aromatic carbocycles. The molecule has 0 radical (unpaired) electrons. The minimum Gasteiger partial charge on any atom is -0.396 e. The third-order valence-corrected chi connectivity index (χ3v) is 14.2. The van der Waals surface area contributed by atoms with Gasteiger partial charge in [0.2, 0.25) is 0 Å². The Bertz CT molecular complexity index is 2490. The van der Waals surface area contributed by atoms with Crippen LogP contribution in [0.2, 0.25) is 0 Å². The average Bonchev–Trinajstić information content (AvgIpc) is 4.14. The zero-order valence-electron chi connectivity index (χ0n) is 32.8. The van der Waals surface area contributed by atoms with Gasteiger partial charge in [0.05, 0.1) is 0 Å². The average molecular weight is 830 g/mol. The highest BCUT2D eigenvalue weighted by Crippen LogP contribution is 2.68. The third-order valence-electron chi connectivity index (χ3n) is 10.5. The van der Waals surface area contributed by atoms with Crippen LogP contribution in [0.3, 0.4) is 0 Å². The fourth-order valence-corrected chi connectivity index (χ4v) is 11.7. The number of pyridine rings is 3. The highest BCUT2D eigenvalue weighted by atomic mass is 31.2. The molecule has 6 aromatic heterocycles. The van der Waals surface area contributed by atoms with Crippen molar-refractivity contribution in [3.05, 3.63) is 86.1 Å². The SMILES string of the molecule is COn1nnc2cccnc2c1=O.O=c1c2ncccc2nnn1OCN1CCCC1.O=c1c2ncccc2nnn1O[P+](N1CCCC1)(N1CCCC1)N1CCCC1. The molecule has 0 amide bonds. The van der Waals surface area contributed by atoms with Gasteiger partial charge in [-0.2, -0.15) is 4.62 Å². The second-order valence-electron chi connectivity index (χ2n) is 14.3. The van der Waals surface area contributed by atoms with Gasteiger partial charge in [0, 0.05) is 75.8 Å². The minimum absolute atomic E-state index is 0.249. The summed E-state index contributed by atoms with van der Waals surface area (Å²) in [6, 6.07) is 10.3. The maximum absolute atomic E-state index is 13.1. The van der Waals surface area contributed by atoms with Crippen molar-refractivity contribution in [2.45, 2.75) is 51.4 Å². The van der Waals surface area contributed by atoms with Crippen molar-refractivity contribution in [3.63, 3.8) is 0 Å². The molecule has 0 bridgehead atoms. The van der Waals surface area contributed by atoms with Crippen LogP contribution in [-0.4, -0.2) is 146 Å². The van der Waals surface area contributed by atoms with E-state index in [1.54, 1.807) is 48.8 Å². The molecule has 4 fully saturated rings. The molecule has 0 unspecified atom stereocenters. The van der Waals surface area contributed by atoms with E-state index in [0.29, 0.717) is 28.8 Å². The molecule has 4 aliphatic rings. The summed E-state index contributed by atoms with van der Waals surface area (Å²) in [6.07, 6.45) is 14.1. The maximum Gasteiger partial charge on any atom is 0.451 e. The molecular formula is C36H46N16O6P+. The van der Waals surface area contributed by atoms with Crippen LogP contribution >= 0.6 is 7.94 Å². The van der Waals surface area contributed by atoms with E-state index in [2.05, 4.69) is 69.6 Å². The first-order valence-corrected chi connectivity index (χ1v) is 21.4. The molecule has 0 aliphatic carbocycles. The predicted molar refractivity (Wildman–Crippen MR) is 215 cm³/mol. The van der Waals surface area contributed by atoms with Crippen LogP contribution < -0.4 is 31.0 Å². The van der Waals surface area contributed by atoms with Gasteiger partial charge in [0.15, 0.2) is 23.3 Å². The zero-order valence-corrected chi connectivity index (χ0v) is 33.7. The van der Waals surface area contributed by atoms with E-state index in [-0.39, 0.29) is 22.2 Å².